The van der Waals surface area contributed by atoms with Gasteiger partial charge < -0.3 is 33.3 Å². The number of fused-ring (bicyclic) bond motifs is 1. The SMILES string of the molecule is COCCCOc1ccc(CCN(C)CC[C@@]2(OC(C)=O)CCc3cc(OC)c(OC)cc3[C@@H]2C(C)C)cc1OC. The van der Waals surface area contributed by atoms with Crippen molar-refractivity contribution >= 4 is 5.97 Å². The molecular weight excluding hydrogens is 522 g/mol. The van der Waals surface area contributed by atoms with Crippen molar-refractivity contribution in [1.29, 1.82) is 0 Å². The molecule has 0 spiro atoms. The zero-order valence-electron chi connectivity index (χ0n) is 26.2. The predicted octanol–water partition coefficient (Wildman–Crippen LogP) is 5.68. The number of nitrogens with zero attached hydrogens (tertiary/aromatic N) is 1. The van der Waals surface area contributed by atoms with Gasteiger partial charge in [-0.25, -0.2) is 0 Å². The smallest absolute Gasteiger partial charge is 0.303 e. The minimum Gasteiger partial charge on any atom is -0.493 e. The van der Waals surface area contributed by atoms with E-state index in [0.29, 0.717) is 19.0 Å². The van der Waals surface area contributed by atoms with Gasteiger partial charge in [-0.05, 0) is 73.2 Å². The molecule has 0 saturated carbocycles. The van der Waals surface area contributed by atoms with Crippen molar-refractivity contribution in [1.82, 2.24) is 4.90 Å². The van der Waals surface area contributed by atoms with Crippen LogP contribution < -0.4 is 18.9 Å². The van der Waals surface area contributed by atoms with Crippen LogP contribution in [0.2, 0.25) is 0 Å². The van der Waals surface area contributed by atoms with Crippen molar-refractivity contribution in [3.8, 4) is 23.0 Å². The van der Waals surface area contributed by atoms with Crippen LogP contribution in [0.15, 0.2) is 30.3 Å². The zero-order valence-corrected chi connectivity index (χ0v) is 26.2. The van der Waals surface area contributed by atoms with Crippen molar-refractivity contribution in [3.05, 3.63) is 47.0 Å². The summed E-state index contributed by atoms with van der Waals surface area (Å²) in [5, 5.41) is 0. The summed E-state index contributed by atoms with van der Waals surface area (Å²) < 4.78 is 34.0. The average molecular weight is 572 g/mol. The molecule has 2 aromatic carbocycles. The summed E-state index contributed by atoms with van der Waals surface area (Å²) in [6.45, 7) is 8.84. The molecule has 0 unspecified atom stereocenters. The summed E-state index contributed by atoms with van der Waals surface area (Å²) in [5.74, 6) is 2.99. The van der Waals surface area contributed by atoms with Gasteiger partial charge in [-0.3, -0.25) is 4.79 Å². The van der Waals surface area contributed by atoms with E-state index in [1.807, 2.05) is 12.1 Å². The molecule has 0 fully saturated rings. The molecule has 0 bridgehead atoms. The number of ether oxygens (including phenoxy) is 6. The molecule has 1 aliphatic carbocycles. The van der Waals surface area contributed by atoms with E-state index in [1.165, 1.54) is 23.6 Å². The van der Waals surface area contributed by atoms with Crippen LogP contribution in [0.1, 0.15) is 62.6 Å². The fourth-order valence-electron chi connectivity index (χ4n) is 6.11. The highest BCUT2D eigenvalue weighted by Crippen LogP contribution is 2.50. The number of hydrogen-bond donors (Lipinski definition) is 0. The Labute approximate surface area is 246 Å². The van der Waals surface area contributed by atoms with Crippen LogP contribution in [0.3, 0.4) is 0 Å². The summed E-state index contributed by atoms with van der Waals surface area (Å²) in [6.07, 6.45) is 4.03. The summed E-state index contributed by atoms with van der Waals surface area (Å²) >= 11 is 0. The highest BCUT2D eigenvalue weighted by atomic mass is 16.6. The van der Waals surface area contributed by atoms with Gasteiger partial charge in [0.1, 0.15) is 5.60 Å². The average Bonchev–Trinajstić information content (AvgIpc) is 2.96. The first-order valence-corrected chi connectivity index (χ1v) is 14.6. The predicted molar refractivity (Wildman–Crippen MR) is 161 cm³/mol. The molecule has 0 N–H and O–H groups in total. The number of rotatable bonds is 16. The second-order valence-electron chi connectivity index (χ2n) is 11.3. The van der Waals surface area contributed by atoms with Crippen LogP contribution in [-0.2, 0) is 27.1 Å². The number of methoxy groups -OCH3 is 4. The number of carbonyl (C=O) groups is 1. The Hall–Kier alpha value is -2.97. The van der Waals surface area contributed by atoms with Gasteiger partial charge in [-0.15, -0.1) is 0 Å². The van der Waals surface area contributed by atoms with Crippen LogP contribution in [0.5, 0.6) is 23.0 Å². The number of aryl methyl sites for hydroxylation is 1. The van der Waals surface area contributed by atoms with Gasteiger partial charge in [0.25, 0.3) is 0 Å². The number of carbonyl (C=O) groups excluding carboxylic acids is 1. The van der Waals surface area contributed by atoms with E-state index in [0.717, 1.165) is 62.4 Å². The summed E-state index contributed by atoms with van der Waals surface area (Å²) in [6, 6.07) is 10.3. The molecule has 0 aromatic heterocycles. The molecule has 2 aromatic rings. The monoisotopic (exact) mass is 571 g/mol. The third-order valence-electron chi connectivity index (χ3n) is 8.06. The third-order valence-corrected chi connectivity index (χ3v) is 8.06. The van der Waals surface area contributed by atoms with E-state index in [-0.39, 0.29) is 17.8 Å². The summed E-state index contributed by atoms with van der Waals surface area (Å²) in [5.41, 5.74) is 3.01. The van der Waals surface area contributed by atoms with Crippen LogP contribution in [-0.4, -0.2) is 78.3 Å². The molecule has 8 heteroatoms. The molecule has 3 rings (SSSR count). The first-order valence-electron chi connectivity index (χ1n) is 14.6. The van der Waals surface area contributed by atoms with E-state index in [9.17, 15) is 4.79 Å². The molecule has 0 aliphatic heterocycles. The van der Waals surface area contributed by atoms with Gasteiger partial charge in [0.05, 0.1) is 27.9 Å². The molecule has 0 saturated heterocycles. The van der Waals surface area contributed by atoms with Gasteiger partial charge >= 0.3 is 5.97 Å². The topological polar surface area (TPSA) is 75.7 Å². The van der Waals surface area contributed by atoms with Gasteiger partial charge in [-0.1, -0.05) is 19.9 Å². The Balaban J connectivity index is 1.72. The number of hydrogen-bond acceptors (Lipinski definition) is 8. The Morgan fingerprint density at radius 3 is 2.27 bits per heavy atom. The lowest BCUT2D eigenvalue weighted by molar-refractivity contribution is -0.164. The summed E-state index contributed by atoms with van der Waals surface area (Å²) in [4.78, 5) is 14.8. The van der Waals surface area contributed by atoms with E-state index < -0.39 is 5.60 Å². The minimum atomic E-state index is -0.591. The fourth-order valence-corrected chi connectivity index (χ4v) is 6.11. The van der Waals surface area contributed by atoms with Crippen LogP contribution in [0.4, 0.5) is 0 Å². The maximum atomic E-state index is 12.5. The number of likely N-dealkylation sites (N-methyl/N-ethyl adjacent to an activating group) is 1. The van der Waals surface area contributed by atoms with Gasteiger partial charge in [0, 0.05) is 52.5 Å². The van der Waals surface area contributed by atoms with E-state index in [1.54, 1.807) is 28.4 Å². The molecule has 1 aliphatic rings. The molecule has 0 amide bonds. The maximum absolute atomic E-state index is 12.5. The van der Waals surface area contributed by atoms with Gasteiger partial charge in [0.15, 0.2) is 23.0 Å². The second-order valence-corrected chi connectivity index (χ2v) is 11.3. The zero-order chi connectivity index (χ0) is 30.0. The van der Waals surface area contributed by atoms with Crippen molar-refractivity contribution in [2.24, 2.45) is 5.92 Å². The van der Waals surface area contributed by atoms with Crippen LogP contribution in [0, 0.1) is 5.92 Å². The Kier molecular flexibility index (Phi) is 12.2. The van der Waals surface area contributed by atoms with Crippen molar-refractivity contribution in [3.63, 3.8) is 0 Å². The van der Waals surface area contributed by atoms with Crippen molar-refractivity contribution < 1.29 is 33.2 Å². The molecule has 2 atom stereocenters. The fraction of sp³-hybridized carbons (Fsp3) is 0.606. The van der Waals surface area contributed by atoms with E-state index in [2.05, 4.69) is 44.0 Å². The second kappa shape index (κ2) is 15.3. The highest BCUT2D eigenvalue weighted by molar-refractivity contribution is 5.67. The normalized spacial score (nSPS) is 18.2. The van der Waals surface area contributed by atoms with Crippen molar-refractivity contribution in [2.45, 2.75) is 64.4 Å². The lowest BCUT2D eigenvalue weighted by Gasteiger charge is -2.47. The molecule has 0 radical (unpaired) electrons. The summed E-state index contributed by atoms with van der Waals surface area (Å²) in [7, 11) is 8.80. The maximum Gasteiger partial charge on any atom is 0.303 e. The van der Waals surface area contributed by atoms with E-state index in [4.69, 9.17) is 28.4 Å². The van der Waals surface area contributed by atoms with Crippen LogP contribution in [0.25, 0.3) is 0 Å². The van der Waals surface area contributed by atoms with Gasteiger partial charge in [-0.2, -0.15) is 0 Å². The highest BCUT2D eigenvalue weighted by Gasteiger charge is 2.47. The molecule has 0 heterocycles. The Morgan fingerprint density at radius 2 is 1.63 bits per heavy atom. The number of benzene rings is 2. The first-order chi connectivity index (χ1) is 19.7. The lowest BCUT2D eigenvalue weighted by Crippen LogP contribution is -2.48. The Bertz CT molecular complexity index is 1130. The molecule has 228 valence electrons. The van der Waals surface area contributed by atoms with Crippen molar-refractivity contribution in [2.75, 3.05) is 61.8 Å². The standard InChI is InChI=1S/C33H49NO7/c1-23(2)32-27-22-31(39-8)30(38-7)21-26(27)12-14-33(32,41-24(3)35)15-17-34(4)16-13-25-10-11-28(29(20-25)37-6)40-19-9-18-36-5/h10-11,20-23,32H,9,12-19H2,1-8H3/t32-,33-/m0/s1. The quantitative estimate of drug-likeness (QED) is 0.188. The minimum absolute atomic E-state index is 0.0454. The third kappa shape index (κ3) is 8.29. The molecule has 41 heavy (non-hydrogen) atoms. The van der Waals surface area contributed by atoms with Gasteiger partial charge in [0.2, 0.25) is 0 Å². The van der Waals surface area contributed by atoms with Crippen LogP contribution >= 0.6 is 0 Å². The molecule has 8 nitrogen and oxygen atoms in total. The molecular formula is C33H49NO7. The largest absolute Gasteiger partial charge is 0.493 e. The number of esters is 1. The first kappa shape index (κ1) is 32.5. The van der Waals surface area contributed by atoms with E-state index >= 15 is 0 Å². The Morgan fingerprint density at radius 1 is 0.951 bits per heavy atom. The lowest BCUT2D eigenvalue weighted by atomic mass is 9.65.